The summed E-state index contributed by atoms with van der Waals surface area (Å²) >= 11 is 0. The maximum absolute atomic E-state index is 13.5. The SMILES string of the molecule is CCOc1ncc(-c2cc(N(C)CC(C)(C)COC)c(N)c(N)n2)cc1C(F)(F)F. The average molecular weight is 427 g/mol. The van der Waals surface area contributed by atoms with E-state index in [9.17, 15) is 13.2 Å². The van der Waals surface area contributed by atoms with E-state index in [1.165, 1.54) is 6.20 Å². The van der Waals surface area contributed by atoms with Gasteiger partial charge >= 0.3 is 6.18 Å². The summed E-state index contributed by atoms with van der Waals surface area (Å²) in [6, 6.07) is 2.56. The van der Waals surface area contributed by atoms with Crippen molar-refractivity contribution in [2.45, 2.75) is 26.9 Å². The van der Waals surface area contributed by atoms with Crippen molar-refractivity contribution in [3.05, 3.63) is 23.9 Å². The third kappa shape index (κ3) is 5.44. The van der Waals surface area contributed by atoms with Gasteiger partial charge in [-0.1, -0.05) is 13.8 Å². The van der Waals surface area contributed by atoms with Crippen LogP contribution in [0.4, 0.5) is 30.4 Å². The maximum Gasteiger partial charge on any atom is 0.421 e. The topological polar surface area (TPSA) is 99.5 Å². The van der Waals surface area contributed by atoms with E-state index in [0.29, 0.717) is 18.8 Å². The second-order valence-corrected chi connectivity index (χ2v) is 7.79. The molecule has 0 bridgehead atoms. The van der Waals surface area contributed by atoms with Crippen LogP contribution in [0.25, 0.3) is 11.3 Å². The van der Waals surface area contributed by atoms with E-state index in [0.717, 1.165) is 6.07 Å². The predicted molar refractivity (Wildman–Crippen MR) is 111 cm³/mol. The molecule has 0 fully saturated rings. The molecule has 0 amide bonds. The number of nitrogens with zero attached hydrogens (tertiary/aromatic N) is 3. The van der Waals surface area contributed by atoms with E-state index in [1.807, 2.05) is 25.8 Å². The summed E-state index contributed by atoms with van der Waals surface area (Å²) in [5.74, 6) is -0.447. The van der Waals surface area contributed by atoms with Gasteiger partial charge in [0.25, 0.3) is 0 Å². The van der Waals surface area contributed by atoms with Crippen LogP contribution in [-0.2, 0) is 10.9 Å². The number of rotatable bonds is 8. The predicted octanol–water partition coefficient (Wildman–Crippen LogP) is 3.83. The molecule has 0 aromatic carbocycles. The van der Waals surface area contributed by atoms with Crippen molar-refractivity contribution >= 4 is 17.2 Å². The van der Waals surface area contributed by atoms with Gasteiger partial charge in [-0.25, -0.2) is 9.97 Å². The van der Waals surface area contributed by atoms with Gasteiger partial charge in [0, 0.05) is 37.9 Å². The fourth-order valence-electron chi connectivity index (χ4n) is 3.24. The molecular formula is C20H28F3N5O2. The number of hydrogen-bond acceptors (Lipinski definition) is 7. The number of pyridine rings is 2. The van der Waals surface area contributed by atoms with Crippen LogP contribution in [0.15, 0.2) is 18.3 Å². The van der Waals surface area contributed by atoms with Crippen LogP contribution in [0.2, 0.25) is 0 Å². The van der Waals surface area contributed by atoms with Crippen LogP contribution >= 0.6 is 0 Å². The Morgan fingerprint density at radius 3 is 2.40 bits per heavy atom. The zero-order valence-corrected chi connectivity index (χ0v) is 17.8. The summed E-state index contributed by atoms with van der Waals surface area (Å²) in [5.41, 5.74) is 12.1. The third-order valence-corrected chi connectivity index (χ3v) is 4.41. The Kier molecular flexibility index (Phi) is 7.02. The van der Waals surface area contributed by atoms with E-state index < -0.39 is 17.6 Å². The molecular weight excluding hydrogens is 399 g/mol. The Morgan fingerprint density at radius 2 is 1.83 bits per heavy atom. The zero-order valence-electron chi connectivity index (χ0n) is 17.8. The van der Waals surface area contributed by atoms with Crippen LogP contribution in [0.1, 0.15) is 26.3 Å². The number of ether oxygens (including phenoxy) is 2. The molecule has 30 heavy (non-hydrogen) atoms. The van der Waals surface area contributed by atoms with Crippen molar-refractivity contribution in [3.8, 4) is 17.1 Å². The van der Waals surface area contributed by atoms with E-state index in [-0.39, 0.29) is 34.8 Å². The molecule has 0 spiro atoms. The molecule has 0 aliphatic carbocycles. The van der Waals surface area contributed by atoms with Gasteiger partial charge in [-0.3, -0.25) is 0 Å². The third-order valence-electron chi connectivity index (χ3n) is 4.41. The summed E-state index contributed by atoms with van der Waals surface area (Å²) in [7, 11) is 3.44. The second-order valence-electron chi connectivity index (χ2n) is 7.79. The van der Waals surface area contributed by atoms with E-state index in [2.05, 4.69) is 9.97 Å². The van der Waals surface area contributed by atoms with E-state index in [4.69, 9.17) is 20.9 Å². The minimum absolute atomic E-state index is 0.0290. The van der Waals surface area contributed by atoms with Crippen molar-refractivity contribution < 1.29 is 22.6 Å². The lowest BCUT2D eigenvalue weighted by atomic mass is 9.94. The molecule has 2 rings (SSSR count). The minimum atomic E-state index is -4.63. The van der Waals surface area contributed by atoms with Crippen molar-refractivity contribution in [1.29, 1.82) is 0 Å². The van der Waals surface area contributed by atoms with Crippen LogP contribution in [0, 0.1) is 5.41 Å². The smallest absolute Gasteiger partial charge is 0.421 e. The molecule has 0 atom stereocenters. The quantitative estimate of drug-likeness (QED) is 0.660. The number of nitrogens with two attached hydrogens (primary N) is 2. The summed E-state index contributed by atoms with van der Waals surface area (Å²) in [5, 5.41) is 0. The first-order chi connectivity index (χ1) is 13.9. The molecule has 0 aliphatic heterocycles. The Bertz CT molecular complexity index is 887. The summed E-state index contributed by atoms with van der Waals surface area (Å²) in [4.78, 5) is 9.89. The summed E-state index contributed by atoms with van der Waals surface area (Å²) < 4.78 is 50.7. The molecule has 0 saturated carbocycles. The number of anilines is 3. The Labute approximate surface area is 174 Å². The average Bonchev–Trinajstić information content (AvgIpc) is 2.63. The van der Waals surface area contributed by atoms with E-state index in [1.54, 1.807) is 20.1 Å². The number of aromatic nitrogens is 2. The van der Waals surface area contributed by atoms with Gasteiger partial charge in [-0.2, -0.15) is 13.2 Å². The van der Waals surface area contributed by atoms with Crippen LogP contribution in [0.5, 0.6) is 5.88 Å². The first-order valence-electron chi connectivity index (χ1n) is 9.36. The monoisotopic (exact) mass is 427 g/mol. The van der Waals surface area contributed by atoms with Crippen LogP contribution in [-0.4, -0.2) is 43.9 Å². The zero-order chi connectivity index (χ0) is 22.7. The largest absolute Gasteiger partial charge is 0.478 e. The molecule has 0 radical (unpaired) electrons. The molecule has 166 valence electrons. The fraction of sp³-hybridized carbons (Fsp3) is 0.500. The first-order valence-corrected chi connectivity index (χ1v) is 9.36. The normalized spacial score (nSPS) is 12.1. The molecule has 2 aromatic heterocycles. The first kappa shape index (κ1) is 23.5. The van der Waals surface area contributed by atoms with Crippen LogP contribution in [0.3, 0.4) is 0 Å². The minimum Gasteiger partial charge on any atom is -0.478 e. The van der Waals surface area contributed by atoms with E-state index >= 15 is 0 Å². The van der Waals surface area contributed by atoms with Gasteiger partial charge in [-0.05, 0) is 19.1 Å². The number of nitrogen functional groups attached to an aromatic ring is 2. The lowest BCUT2D eigenvalue weighted by Crippen LogP contribution is -2.35. The number of halogens is 3. The van der Waals surface area contributed by atoms with Crippen molar-refractivity contribution in [2.75, 3.05) is 50.3 Å². The molecule has 0 unspecified atom stereocenters. The number of methoxy groups -OCH3 is 1. The van der Waals surface area contributed by atoms with Gasteiger partial charge < -0.3 is 25.8 Å². The van der Waals surface area contributed by atoms with Crippen molar-refractivity contribution in [2.24, 2.45) is 5.41 Å². The van der Waals surface area contributed by atoms with Crippen molar-refractivity contribution in [1.82, 2.24) is 9.97 Å². The molecule has 10 heteroatoms. The second kappa shape index (κ2) is 8.95. The summed E-state index contributed by atoms with van der Waals surface area (Å²) in [6.07, 6.45) is -3.35. The molecule has 0 aliphatic rings. The molecule has 2 aromatic rings. The highest BCUT2D eigenvalue weighted by Gasteiger charge is 2.36. The lowest BCUT2D eigenvalue weighted by molar-refractivity contribution is -0.139. The van der Waals surface area contributed by atoms with Gasteiger partial charge in [0.05, 0.1) is 30.3 Å². The molecule has 0 saturated heterocycles. The standard InChI is InChI=1S/C20H28F3N5O2/c1-6-30-18-13(20(21,22)23)7-12(9-26-18)14-8-15(16(24)17(25)27-14)28(4)10-19(2,3)11-29-5/h7-9H,6,10-11,24H2,1-5H3,(H2,25,27). The number of alkyl halides is 3. The summed E-state index contributed by atoms with van der Waals surface area (Å²) in [6.45, 7) is 6.80. The maximum atomic E-state index is 13.5. The highest BCUT2D eigenvalue weighted by atomic mass is 19.4. The Morgan fingerprint density at radius 1 is 1.17 bits per heavy atom. The fourth-order valence-corrected chi connectivity index (χ4v) is 3.24. The van der Waals surface area contributed by atoms with Gasteiger partial charge in [0.15, 0.2) is 0 Å². The van der Waals surface area contributed by atoms with Gasteiger partial charge in [-0.15, -0.1) is 0 Å². The number of hydrogen-bond donors (Lipinski definition) is 2. The molecule has 7 nitrogen and oxygen atoms in total. The Balaban J connectivity index is 2.51. The van der Waals surface area contributed by atoms with Gasteiger partial charge in [0.1, 0.15) is 11.4 Å². The molecule has 2 heterocycles. The highest BCUT2D eigenvalue weighted by Crippen LogP contribution is 2.39. The van der Waals surface area contributed by atoms with Crippen LogP contribution < -0.4 is 21.1 Å². The highest BCUT2D eigenvalue weighted by molar-refractivity contribution is 5.82. The van der Waals surface area contributed by atoms with Crippen molar-refractivity contribution in [3.63, 3.8) is 0 Å². The lowest BCUT2D eigenvalue weighted by Gasteiger charge is -2.32. The van der Waals surface area contributed by atoms with Gasteiger partial charge in [0.2, 0.25) is 5.88 Å². The Hall–Kier alpha value is -2.75. The molecule has 4 N–H and O–H groups in total.